The third-order valence-electron chi connectivity index (χ3n) is 4.14. The summed E-state index contributed by atoms with van der Waals surface area (Å²) < 4.78 is 53.1. The number of hydrogen-bond acceptors (Lipinski definition) is 1. The highest BCUT2D eigenvalue weighted by Gasteiger charge is 2.37. The van der Waals surface area contributed by atoms with Gasteiger partial charge >= 0.3 is 6.18 Å². The van der Waals surface area contributed by atoms with E-state index in [4.69, 9.17) is 0 Å². The topological polar surface area (TPSA) is 12.0 Å². The predicted octanol–water partition coefficient (Wildman–Crippen LogP) is 5.08. The summed E-state index contributed by atoms with van der Waals surface area (Å²) in [6.45, 7) is 2.60. The van der Waals surface area contributed by atoms with Crippen LogP contribution in [-0.4, -0.2) is 6.54 Å². The molecule has 0 spiro atoms. The van der Waals surface area contributed by atoms with E-state index in [0.29, 0.717) is 6.54 Å². The second kappa shape index (κ2) is 6.77. The Morgan fingerprint density at radius 3 is 2.48 bits per heavy atom. The van der Waals surface area contributed by atoms with E-state index >= 15 is 0 Å². The molecule has 0 bridgehead atoms. The molecule has 2 rings (SSSR count). The highest BCUT2D eigenvalue weighted by molar-refractivity contribution is 5.33. The Morgan fingerprint density at radius 1 is 1.24 bits per heavy atom. The van der Waals surface area contributed by atoms with Crippen molar-refractivity contribution in [2.24, 2.45) is 5.92 Å². The zero-order valence-electron chi connectivity index (χ0n) is 12.1. The quantitative estimate of drug-likeness (QED) is 0.748. The molecule has 1 aromatic carbocycles. The van der Waals surface area contributed by atoms with Crippen LogP contribution in [0.1, 0.15) is 56.2 Å². The summed E-state index contributed by atoms with van der Waals surface area (Å²) in [6, 6.07) is 2.38. The van der Waals surface area contributed by atoms with Crippen LogP contribution in [0.25, 0.3) is 0 Å². The number of nitrogens with one attached hydrogen (secondary N) is 1. The summed E-state index contributed by atoms with van der Waals surface area (Å²) in [5.41, 5.74) is -0.660. The lowest BCUT2D eigenvalue weighted by molar-refractivity contribution is -0.138. The first-order chi connectivity index (χ1) is 9.93. The summed E-state index contributed by atoms with van der Waals surface area (Å²) in [7, 11) is 0. The van der Waals surface area contributed by atoms with E-state index in [0.717, 1.165) is 50.3 Å². The lowest BCUT2D eigenvalue weighted by Crippen LogP contribution is -2.30. The minimum absolute atomic E-state index is 0.0582. The molecular weight excluding hydrogens is 282 g/mol. The molecule has 1 N–H and O–H groups in total. The van der Waals surface area contributed by atoms with Gasteiger partial charge in [-0.15, -0.1) is 0 Å². The van der Waals surface area contributed by atoms with Gasteiger partial charge in [0.15, 0.2) is 0 Å². The van der Waals surface area contributed by atoms with Crippen LogP contribution in [0.4, 0.5) is 17.6 Å². The molecule has 0 radical (unpaired) electrons. The molecule has 0 saturated heterocycles. The van der Waals surface area contributed by atoms with Crippen molar-refractivity contribution in [2.45, 2.75) is 51.2 Å². The second-order valence-electron chi connectivity index (χ2n) is 5.71. The summed E-state index contributed by atoms with van der Waals surface area (Å²) >= 11 is 0. The van der Waals surface area contributed by atoms with E-state index in [1.807, 2.05) is 6.92 Å². The molecule has 1 aromatic rings. The molecule has 1 unspecified atom stereocenters. The van der Waals surface area contributed by atoms with E-state index in [1.54, 1.807) is 0 Å². The van der Waals surface area contributed by atoms with Crippen LogP contribution in [0.2, 0.25) is 0 Å². The van der Waals surface area contributed by atoms with E-state index in [9.17, 15) is 17.6 Å². The van der Waals surface area contributed by atoms with Gasteiger partial charge in [0.25, 0.3) is 0 Å². The molecule has 21 heavy (non-hydrogen) atoms. The molecule has 1 nitrogen and oxygen atoms in total. The molecule has 1 aliphatic carbocycles. The monoisotopic (exact) mass is 303 g/mol. The highest BCUT2D eigenvalue weighted by Crippen LogP contribution is 2.41. The molecule has 0 heterocycles. The number of rotatable bonds is 5. The van der Waals surface area contributed by atoms with Crippen molar-refractivity contribution >= 4 is 0 Å². The van der Waals surface area contributed by atoms with Gasteiger partial charge in [-0.05, 0) is 55.5 Å². The van der Waals surface area contributed by atoms with Crippen molar-refractivity contribution < 1.29 is 17.6 Å². The molecule has 118 valence electrons. The van der Waals surface area contributed by atoms with Crippen LogP contribution in [0.3, 0.4) is 0 Å². The molecule has 5 heteroatoms. The van der Waals surface area contributed by atoms with Crippen molar-refractivity contribution in [1.82, 2.24) is 5.32 Å². The summed E-state index contributed by atoms with van der Waals surface area (Å²) in [5.74, 6) is -0.459. The largest absolute Gasteiger partial charge is 0.416 e. The fourth-order valence-corrected chi connectivity index (χ4v) is 3.17. The van der Waals surface area contributed by atoms with Crippen LogP contribution in [0.15, 0.2) is 18.2 Å². The Hall–Kier alpha value is -1.10. The zero-order valence-corrected chi connectivity index (χ0v) is 12.1. The normalized spacial score (nSPS) is 18.1. The maximum Gasteiger partial charge on any atom is 0.416 e. The SMILES string of the molecule is CCCNC(c1cc(F)ccc1C(F)(F)F)C1CCCC1. The second-order valence-corrected chi connectivity index (χ2v) is 5.71. The molecule has 0 amide bonds. The highest BCUT2D eigenvalue weighted by atomic mass is 19.4. The van der Waals surface area contributed by atoms with Gasteiger partial charge in [0.05, 0.1) is 5.56 Å². The van der Waals surface area contributed by atoms with Crippen molar-refractivity contribution in [3.63, 3.8) is 0 Å². The molecule has 1 saturated carbocycles. The Bertz CT molecular complexity index is 464. The van der Waals surface area contributed by atoms with Gasteiger partial charge in [0, 0.05) is 6.04 Å². The first kappa shape index (κ1) is 16.3. The van der Waals surface area contributed by atoms with Crippen LogP contribution in [0.5, 0.6) is 0 Å². The van der Waals surface area contributed by atoms with Gasteiger partial charge in [-0.2, -0.15) is 13.2 Å². The summed E-state index contributed by atoms with van der Waals surface area (Å²) in [4.78, 5) is 0. The minimum Gasteiger partial charge on any atom is -0.310 e. The van der Waals surface area contributed by atoms with E-state index in [-0.39, 0.29) is 11.5 Å². The number of hydrogen-bond donors (Lipinski definition) is 1. The average Bonchev–Trinajstić information content (AvgIpc) is 2.92. The van der Waals surface area contributed by atoms with E-state index in [1.165, 1.54) is 0 Å². The zero-order chi connectivity index (χ0) is 15.5. The molecule has 0 aromatic heterocycles. The lowest BCUT2D eigenvalue weighted by atomic mass is 9.88. The van der Waals surface area contributed by atoms with E-state index in [2.05, 4.69) is 5.32 Å². The van der Waals surface area contributed by atoms with Gasteiger partial charge in [-0.25, -0.2) is 4.39 Å². The first-order valence-electron chi connectivity index (χ1n) is 7.53. The van der Waals surface area contributed by atoms with Gasteiger partial charge in [0.1, 0.15) is 5.82 Å². The maximum atomic E-state index is 13.5. The van der Waals surface area contributed by atoms with Crippen LogP contribution < -0.4 is 5.32 Å². The fourth-order valence-electron chi connectivity index (χ4n) is 3.17. The lowest BCUT2D eigenvalue weighted by Gasteiger charge is -2.28. The Labute approximate surface area is 122 Å². The molecule has 1 fully saturated rings. The standard InChI is InChI=1S/C16H21F4N/c1-2-9-21-15(11-5-3-4-6-11)13-10-12(17)7-8-14(13)16(18,19)20/h7-8,10-11,15,21H,2-6,9H2,1H3. The molecule has 1 atom stereocenters. The van der Waals surface area contributed by atoms with Gasteiger partial charge in [0.2, 0.25) is 0 Å². The van der Waals surface area contributed by atoms with E-state index < -0.39 is 23.6 Å². The number of benzene rings is 1. The molecular formula is C16H21F4N. The summed E-state index contributed by atoms with van der Waals surface area (Å²) in [6.07, 6.45) is 0.245. The van der Waals surface area contributed by atoms with Crippen LogP contribution in [0, 0.1) is 11.7 Å². The van der Waals surface area contributed by atoms with Crippen molar-refractivity contribution in [3.05, 3.63) is 35.1 Å². The van der Waals surface area contributed by atoms with Crippen LogP contribution in [-0.2, 0) is 6.18 Å². The smallest absolute Gasteiger partial charge is 0.310 e. The van der Waals surface area contributed by atoms with Crippen molar-refractivity contribution in [2.75, 3.05) is 6.54 Å². The minimum atomic E-state index is -4.45. The molecule has 0 aliphatic heterocycles. The van der Waals surface area contributed by atoms with Gasteiger partial charge in [-0.3, -0.25) is 0 Å². The Morgan fingerprint density at radius 2 is 1.90 bits per heavy atom. The summed E-state index contributed by atoms with van der Waals surface area (Å²) in [5, 5.41) is 3.20. The molecule has 1 aliphatic rings. The Balaban J connectivity index is 2.39. The average molecular weight is 303 g/mol. The number of alkyl halides is 3. The third-order valence-corrected chi connectivity index (χ3v) is 4.14. The van der Waals surface area contributed by atoms with Crippen molar-refractivity contribution in [3.8, 4) is 0 Å². The van der Waals surface area contributed by atoms with Gasteiger partial charge < -0.3 is 5.32 Å². The maximum absolute atomic E-state index is 13.5. The number of halogens is 4. The third kappa shape index (κ3) is 3.96. The predicted molar refractivity (Wildman–Crippen MR) is 74.4 cm³/mol. The first-order valence-corrected chi connectivity index (χ1v) is 7.53. The Kier molecular flexibility index (Phi) is 5.25. The fraction of sp³-hybridized carbons (Fsp3) is 0.625. The van der Waals surface area contributed by atoms with Crippen LogP contribution >= 0.6 is 0 Å². The van der Waals surface area contributed by atoms with Gasteiger partial charge in [-0.1, -0.05) is 19.8 Å². The van der Waals surface area contributed by atoms with Crippen molar-refractivity contribution in [1.29, 1.82) is 0 Å².